The highest BCUT2D eigenvalue weighted by Crippen LogP contribution is 2.27. The van der Waals surface area contributed by atoms with Gasteiger partial charge in [-0.25, -0.2) is 3.21 Å². The van der Waals surface area contributed by atoms with Crippen LogP contribution >= 0.6 is 22.9 Å². The average molecular weight is 478 g/mol. The number of hydrogen-bond donors (Lipinski definition) is 1. The average Bonchev–Trinajstić information content (AvgIpc) is 3.16. The van der Waals surface area contributed by atoms with Gasteiger partial charge in [0.05, 0.1) is 37.1 Å². The molecule has 0 atom stereocenters. The topological polar surface area (TPSA) is 59.9 Å². The van der Waals surface area contributed by atoms with Crippen molar-refractivity contribution in [2.45, 2.75) is 25.7 Å². The summed E-state index contributed by atoms with van der Waals surface area (Å²) >= 11 is 1.89. The molecule has 6 heteroatoms. The van der Waals surface area contributed by atoms with Gasteiger partial charge in [-0.05, 0) is 60.6 Å². The maximum absolute atomic E-state index is 12.6. The van der Waals surface area contributed by atoms with Crippen molar-refractivity contribution in [2.24, 2.45) is 3.21 Å². The van der Waals surface area contributed by atoms with Crippen molar-refractivity contribution in [1.82, 2.24) is 5.32 Å². The van der Waals surface area contributed by atoms with Crippen LogP contribution in [0.15, 0.2) is 39.6 Å². The molecular weight excluding hydrogens is 455 g/mol. The summed E-state index contributed by atoms with van der Waals surface area (Å²) in [4.78, 5) is 12.6. The highest BCUT2D eigenvalue weighted by Gasteiger charge is 2.17. The summed E-state index contributed by atoms with van der Waals surface area (Å²) in [6.07, 6.45) is 4.10. The molecule has 0 unspecified atom stereocenters. The highest BCUT2D eigenvalue weighted by atomic mass is 127. The number of nitrogens with one attached hydrogen (secondary N) is 1. The van der Waals surface area contributed by atoms with E-state index in [2.05, 4.69) is 20.7 Å². The fourth-order valence-electron chi connectivity index (χ4n) is 3.38. The summed E-state index contributed by atoms with van der Waals surface area (Å²) in [6, 6.07) is 12.0. The predicted octanol–water partition coefficient (Wildman–Crippen LogP) is 3.69. The number of fused-ring (bicyclic) bond motifs is 1. The fraction of sp³-hybridized carbons (Fsp3) is 0.333. The Morgan fingerprint density at radius 2 is 1.85 bits per heavy atom. The van der Waals surface area contributed by atoms with Crippen molar-refractivity contribution < 1.29 is 14.3 Å². The number of nitrogens with zero attached hydrogens (tertiary/aromatic N) is 1. The second-order valence-electron chi connectivity index (χ2n) is 6.47. The van der Waals surface area contributed by atoms with E-state index in [1.807, 2.05) is 47.1 Å². The first-order chi connectivity index (χ1) is 13.2. The van der Waals surface area contributed by atoms with E-state index in [-0.39, 0.29) is 5.91 Å². The quantitative estimate of drug-likeness (QED) is 0.488. The van der Waals surface area contributed by atoms with Crippen LogP contribution in [0, 0.1) is 0 Å². The molecule has 0 bridgehead atoms. The number of amides is 1. The van der Waals surface area contributed by atoms with Gasteiger partial charge in [-0.2, -0.15) is 0 Å². The third-order valence-electron chi connectivity index (χ3n) is 4.82. The van der Waals surface area contributed by atoms with Crippen LogP contribution < -0.4 is 14.8 Å². The van der Waals surface area contributed by atoms with E-state index < -0.39 is 0 Å². The Bertz CT molecular complexity index is 865. The monoisotopic (exact) mass is 478 g/mol. The lowest BCUT2D eigenvalue weighted by molar-refractivity contribution is -0.114. The van der Waals surface area contributed by atoms with Gasteiger partial charge in [0.25, 0.3) is 5.91 Å². The lowest BCUT2D eigenvalue weighted by Crippen LogP contribution is -2.33. The fourth-order valence-corrected chi connectivity index (χ4v) is 3.88. The molecule has 1 aliphatic rings. The molecule has 0 saturated heterocycles. The van der Waals surface area contributed by atoms with E-state index in [1.54, 1.807) is 14.2 Å². The lowest BCUT2D eigenvalue weighted by atomic mass is 10.0. The molecule has 1 amide bonds. The van der Waals surface area contributed by atoms with E-state index in [9.17, 15) is 4.79 Å². The summed E-state index contributed by atoms with van der Waals surface area (Å²) in [7, 11) is 3.23. The molecule has 2 aromatic carbocycles. The number of aryl methyl sites for hydroxylation is 2. The van der Waals surface area contributed by atoms with E-state index >= 15 is 0 Å². The van der Waals surface area contributed by atoms with Crippen LogP contribution in [0.2, 0.25) is 0 Å². The van der Waals surface area contributed by atoms with Gasteiger partial charge in [0, 0.05) is 12.1 Å². The van der Waals surface area contributed by atoms with Gasteiger partial charge >= 0.3 is 0 Å². The van der Waals surface area contributed by atoms with Crippen molar-refractivity contribution in [3.05, 3.63) is 58.7 Å². The molecule has 0 aromatic heterocycles. The summed E-state index contributed by atoms with van der Waals surface area (Å²) in [5, 5.41) is 2.97. The van der Waals surface area contributed by atoms with Crippen LogP contribution in [0.3, 0.4) is 0 Å². The molecule has 0 aliphatic heterocycles. The molecule has 0 heterocycles. The van der Waals surface area contributed by atoms with Gasteiger partial charge in [-0.3, -0.25) is 4.79 Å². The first-order valence-electron chi connectivity index (χ1n) is 8.96. The van der Waals surface area contributed by atoms with Gasteiger partial charge < -0.3 is 14.8 Å². The SMILES string of the molecule is COc1ccc(CCNC(=O)/C(=N\I)c2ccc3c(c2)CCC3)cc1OC. The van der Waals surface area contributed by atoms with E-state index in [0.29, 0.717) is 30.2 Å². The first kappa shape index (κ1) is 19.7. The third kappa shape index (κ3) is 4.61. The highest BCUT2D eigenvalue weighted by molar-refractivity contribution is 14.1. The number of benzene rings is 2. The predicted molar refractivity (Wildman–Crippen MR) is 115 cm³/mol. The van der Waals surface area contributed by atoms with Gasteiger partial charge in [0.2, 0.25) is 0 Å². The number of hydrogen-bond acceptors (Lipinski definition) is 4. The molecule has 1 N–H and O–H groups in total. The molecule has 1 aliphatic carbocycles. The summed E-state index contributed by atoms with van der Waals surface area (Å²) in [6.45, 7) is 0.523. The Morgan fingerprint density at radius 1 is 1.07 bits per heavy atom. The molecule has 27 heavy (non-hydrogen) atoms. The minimum atomic E-state index is -0.150. The maximum atomic E-state index is 12.6. The minimum Gasteiger partial charge on any atom is -0.493 e. The molecule has 0 fully saturated rings. The second-order valence-corrected chi connectivity index (χ2v) is 6.95. The number of ether oxygens (including phenoxy) is 2. The van der Waals surface area contributed by atoms with Crippen LogP contribution in [0.4, 0.5) is 0 Å². The number of carbonyl (C=O) groups is 1. The van der Waals surface area contributed by atoms with Crippen LogP contribution in [-0.4, -0.2) is 32.4 Å². The molecule has 0 saturated carbocycles. The van der Waals surface area contributed by atoms with Crippen molar-refractivity contribution in [1.29, 1.82) is 0 Å². The number of halogens is 1. The summed E-state index contributed by atoms with van der Waals surface area (Å²) in [5.74, 6) is 1.23. The van der Waals surface area contributed by atoms with Crippen LogP contribution in [0.1, 0.15) is 28.7 Å². The standard InChI is InChI=1S/C21H23IN2O3/c1-26-18-9-6-14(12-19(18)27-2)10-11-23-21(25)20(24-22)17-8-7-15-4-3-5-16(15)13-17/h6-9,12-13H,3-5,10-11H2,1-2H3,(H,23,25)/b24-20-. The minimum absolute atomic E-state index is 0.150. The van der Waals surface area contributed by atoms with Gasteiger partial charge in [0.15, 0.2) is 11.5 Å². The van der Waals surface area contributed by atoms with E-state index in [1.165, 1.54) is 17.5 Å². The largest absolute Gasteiger partial charge is 0.493 e. The van der Waals surface area contributed by atoms with Crippen molar-refractivity contribution in [2.75, 3.05) is 20.8 Å². The Morgan fingerprint density at radius 3 is 2.59 bits per heavy atom. The Kier molecular flexibility index (Phi) is 6.71. The lowest BCUT2D eigenvalue weighted by Gasteiger charge is -2.11. The molecular formula is C21H23IN2O3. The molecule has 3 rings (SSSR count). The molecule has 142 valence electrons. The third-order valence-corrected chi connectivity index (χ3v) is 5.30. The second kappa shape index (κ2) is 9.21. The maximum Gasteiger partial charge on any atom is 0.271 e. The number of carbonyl (C=O) groups excluding carboxylic acids is 1. The van der Waals surface area contributed by atoms with Gasteiger partial charge in [-0.15, -0.1) is 0 Å². The Hall–Kier alpha value is -2.09. The van der Waals surface area contributed by atoms with Crippen molar-refractivity contribution >= 4 is 34.5 Å². The first-order valence-corrected chi connectivity index (χ1v) is 9.93. The van der Waals surface area contributed by atoms with E-state index in [4.69, 9.17) is 9.47 Å². The van der Waals surface area contributed by atoms with Crippen molar-refractivity contribution in [3.63, 3.8) is 0 Å². The van der Waals surface area contributed by atoms with Crippen LogP contribution in [-0.2, 0) is 24.1 Å². The van der Waals surface area contributed by atoms with Gasteiger partial charge in [-0.1, -0.05) is 18.2 Å². The van der Waals surface area contributed by atoms with Crippen molar-refractivity contribution in [3.8, 4) is 11.5 Å². The zero-order valence-electron chi connectivity index (χ0n) is 15.5. The number of methoxy groups -OCH3 is 2. The van der Waals surface area contributed by atoms with Crippen LogP contribution in [0.5, 0.6) is 11.5 Å². The van der Waals surface area contributed by atoms with E-state index in [0.717, 1.165) is 24.0 Å². The van der Waals surface area contributed by atoms with Crippen LogP contribution in [0.25, 0.3) is 0 Å². The Balaban J connectivity index is 1.61. The molecule has 0 radical (unpaired) electrons. The zero-order valence-corrected chi connectivity index (χ0v) is 17.7. The molecule has 5 nitrogen and oxygen atoms in total. The Labute approximate surface area is 173 Å². The van der Waals surface area contributed by atoms with Gasteiger partial charge in [0.1, 0.15) is 5.71 Å². The smallest absolute Gasteiger partial charge is 0.271 e. The zero-order chi connectivity index (χ0) is 19.2. The summed E-state index contributed by atoms with van der Waals surface area (Å²) in [5.41, 5.74) is 5.15. The summed E-state index contributed by atoms with van der Waals surface area (Å²) < 4.78 is 14.8. The normalized spacial score (nSPS) is 13.2. The molecule has 2 aromatic rings. The number of rotatable bonds is 7. The molecule has 0 spiro atoms.